The lowest BCUT2D eigenvalue weighted by molar-refractivity contribution is -0.121. The summed E-state index contributed by atoms with van der Waals surface area (Å²) in [6.45, 7) is 0.513. The van der Waals surface area contributed by atoms with E-state index in [1.54, 1.807) is 39.2 Å². The van der Waals surface area contributed by atoms with Crippen molar-refractivity contribution in [1.82, 2.24) is 14.9 Å². The molecule has 0 spiro atoms. The molecule has 0 aliphatic carbocycles. The lowest BCUT2D eigenvalue weighted by Gasteiger charge is -2.15. The zero-order valence-electron chi connectivity index (χ0n) is 17.0. The summed E-state index contributed by atoms with van der Waals surface area (Å²) in [4.78, 5) is 17.4. The van der Waals surface area contributed by atoms with Crippen LogP contribution < -0.4 is 19.5 Å². The summed E-state index contributed by atoms with van der Waals surface area (Å²) >= 11 is 1.68. The van der Waals surface area contributed by atoms with Gasteiger partial charge in [0.15, 0.2) is 11.5 Å². The topological polar surface area (TPSA) is 74.6 Å². The zero-order valence-corrected chi connectivity index (χ0v) is 17.8. The Labute approximate surface area is 174 Å². The smallest absolute Gasteiger partial charge is 0.240 e. The summed E-state index contributed by atoms with van der Waals surface area (Å²) in [7, 11) is 4.73. The molecule has 3 rings (SSSR count). The van der Waals surface area contributed by atoms with Gasteiger partial charge >= 0.3 is 0 Å². The van der Waals surface area contributed by atoms with E-state index in [1.165, 1.54) is 0 Å². The monoisotopic (exact) mass is 415 g/mol. The Hall–Kier alpha value is -2.87. The number of rotatable bonds is 9. The van der Waals surface area contributed by atoms with Crippen molar-refractivity contribution in [2.75, 3.05) is 27.6 Å². The first-order valence-electron chi connectivity index (χ1n) is 9.10. The third kappa shape index (κ3) is 4.59. The normalized spacial score (nSPS) is 10.8. The second-order valence-corrected chi connectivity index (χ2v) is 7.20. The Morgan fingerprint density at radius 1 is 1.07 bits per heavy atom. The Balaban J connectivity index is 1.77. The van der Waals surface area contributed by atoms with Crippen molar-refractivity contribution in [2.45, 2.75) is 18.8 Å². The average molecular weight is 416 g/mol. The predicted molar refractivity (Wildman–Crippen MR) is 115 cm³/mol. The lowest BCUT2D eigenvalue weighted by atomic mass is 10.1. The maximum absolute atomic E-state index is 12.7. The maximum atomic E-state index is 12.7. The van der Waals surface area contributed by atoms with Gasteiger partial charge in [0.1, 0.15) is 18.1 Å². The Morgan fingerprint density at radius 3 is 2.45 bits per heavy atom. The minimum absolute atomic E-state index is 0.104. The number of methoxy groups -OCH3 is 3. The van der Waals surface area contributed by atoms with Crippen LogP contribution in [-0.4, -0.2) is 43.0 Å². The van der Waals surface area contributed by atoms with E-state index < -0.39 is 0 Å². The Bertz CT molecular complexity index is 1000. The number of amides is 1. The number of para-hydroxylation sites is 2. The van der Waals surface area contributed by atoms with Crippen molar-refractivity contribution in [3.8, 4) is 17.2 Å². The number of nitrogens with one attached hydrogen (secondary N) is 1. The molecule has 0 saturated heterocycles. The first kappa shape index (κ1) is 20.9. The molecule has 1 amide bonds. The maximum Gasteiger partial charge on any atom is 0.240 e. The van der Waals surface area contributed by atoms with Gasteiger partial charge in [-0.1, -0.05) is 12.1 Å². The van der Waals surface area contributed by atoms with Crippen molar-refractivity contribution >= 4 is 28.7 Å². The van der Waals surface area contributed by atoms with Gasteiger partial charge in [0.2, 0.25) is 5.91 Å². The van der Waals surface area contributed by atoms with Gasteiger partial charge in [-0.25, -0.2) is 4.98 Å². The molecule has 7 nitrogen and oxygen atoms in total. The summed E-state index contributed by atoms with van der Waals surface area (Å²) in [5.41, 5.74) is 2.65. The van der Waals surface area contributed by atoms with Crippen LogP contribution in [0.3, 0.4) is 0 Å². The van der Waals surface area contributed by atoms with Crippen LogP contribution in [0.4, 0.5) is 0 Å². The third-order valence-electron chi connectivity index (χ3n) is 4.57. The first-order chi connectivity index (χ1) is 14.1. The molecule has 1 N–H and O–H groups in total. The van der Waals surface area contributed by atoms with Crippen molar-refractivity contribution in [1.29, 1.82) is 0 Å². The number of thioether (sulfide) groups is 1. The molecule has 0 saturated carbocycles. The molecule has 154 valence electrons. The highest BCUT2D eigenvalue weighted by molar-refractivity contribution is 7.97. The molecule has 0 aliphatic rings. The van der Waals surface area contributed by atoms with E-state index >= 15 is 0 Å². The number of imidazole rings is 1. The van der Waals surface area contributed by atoms with Crippen LogP contribution in [0.25, 0.3) is 11.0 Å². The van der Waals surface area contributed by atoms with Crippen molar-refractivity contribution < 1.29 is 19.0 Å². The molecule has 0 atom stereocenters. The van der Waals surface area contributed by atoms with Crippen LogP contribution in [-0.2, 0) is 23.6 Å². The third-order valence-corrected chi connectivity index (χ3v) is 5.12. The molecule has 2 aromatic carbocycles. The van der Waals surface area contributed by atoms with Crippen LogP contribution in [0.15, 0.2) is 36.4 Å². The fourth-order valence-corrected chi connectivity index (χ4v) is 3.64. The molecule has 0 radical (unpaired) electrons. The Morgan fingerprint density at radius 2 is 1.76 bits per heavy atom. The number of hydrogen-bond acceptors (Lipinski definition) is 6. The zero-order chi connectivity index (χ0) is 20.8. The quantitative estimate of drug-likeness (QED) is 0.578. The van der Waals surface area contributed by atoms with Crippen LogP contribution in [0.2, 0.25) is 0 Å². The highest BCUT2D eigenvalue weighted by atomic mass is 32.2. The van der Waals surface area contributed by atoms with Crippen molar-refractivity contribution in [3.63, 3.8) is 0 Å². The van der Waals surface area contributed by atoms with E-state index in [0.29, 0.717) is 23.8 Å². The molecule has 0 bridgehead atoms. The predicted octanol–water partition coefficient (Wildman–Crippen LogP) is 3.24. The van der Waals surface area contributed by atoms with Gasteiger partial charge in [-0.3, -0.25) is 4.79 Å². The van der Waals surface area contributed by atoms with Gasteiger partial charge in [0, 0.05) is 18.2 Å². The number of ether oxygens (including phenoxy) is 3. The number of carbonyl (C=O) groups is 1. The van der Waals surface area contributed by atoms with Gasteiger partial charge in [-0.15, -0.1) is 0 Å². The number of fused-ring (bicyclic) bond motifs is 1. The molecule has 0 fully saturated rings. The standard InChI is InChI=1S/C21H25N3O4S/c1-26-17-10-19(28-3)18(27-2)9-14(17)11-22-21(25)12-24-16-8-6-5-7-15(16)23-20(24)13-29-4/h5-10H,11-13H2,1-4H3,(H,22,25). The molecular weight excluding hydrogens is 390 g/mol. The van der Waals surface area contributed by atoms with E-state index in [4.69, 9.17) is 14.2 Å². The first-order valence-corrected chi connectivity index (χ1v) is 10.5. The molecule has 3 aromatic rings. The molecule has 8 heteroatoms. The van der Waals surface area contributed by atoms with E-state index in [0.717, 1.165) is 28.2 Å². The number of aromatic nitrogens is 2. The number of hydrogen-bond donors (Lipinski definition) is 1. The Kier molecular flexibility index (Phi) is 6.87. The fourth-order valence-electron chi connectivity index (χ4n) is 3.17. The van der Waals surface area contributed by atoms with E-state index in [9.17, 15) is 4.79 Å². The van der Waals surface area contributed by atoms with Gasteiger partial charge in [0.25, 0.3) is 0 Å². The van der Waals surface area contributed by atoms with Gasteiger partial charge in [-0.05, 0) is 24.5 Å². The number of nitrogens with zero attached hydrogens (tertiary/aromatic N) is 2. The minimum Gasteiger partial charge on any atom is -0.496 e. The van der Waals surface area contributed by atoms with Gasteiger partial charge in [0.05, 0.1) is 38.1 Å². The fraction of sp³-hybridized carbons (Fsp3) is 0.333. The summed E-state index contributed by atoms with van der Waals surface area (Å²) in [6.07, 6.45) is 2.02. The van der Waals surface area contributed by atoms with Crippen LogP contribution >= 0.6 is 11.8 Å². The molecule has 29 heavy (non-hydrogen) atoms. The SMILES string of the molecule is COc1cc(OC)c(OC)cc1CNC(=O)Cn1c(CSC)nc2ccccc21. The van der Waals surface area contributed by atoms with Crippen molar-refractivity contribution in [3.05, 3.63) is 47.8 Å². The van der Waals surface area contributed by atoms with Crippen LogP contribution in [0.1, 0.15) is 11.4 Å². The number of carbonyl (C=O) groups excluding carboxylic acids is 1. The summed E-state index contributed by atoms with van der Waals surface area (Å²) in [5, 5.41) is 2.96. The molecule has 0 unspecified atom stereocenters. The van der Waals surface area contributed by atoms with Gasteiger partial charge < -0.3 is 24.1 Å². The van der Waals surface area contributed by atoms with Crippen LogP contribution in [0.5, 0.6) is 17.2 Å². The second-order valence-electron chi connectivity index (χ2n) is 6.33. The van der Waals surface area contributed by atoms with Crippen LogP contribution in [0, 0.1) is 0 Å². The van der Waals surface area contributed by atoms with Gasteiger partial charge in [-0.2, -0.15) is 11.8 Å². The summed E-state index contributed by atoms with van der Waals surface area (Å²) in [6, 6.07) is 11.4. The van der Waals surface area contributed by atoms with E-state index in [1.807, 2.05) is 41.2 Å². The van der Waals surface area contributed by atoms with Crippen molar-refractivity contribution in [2.24, 2.45) is 0 Å². The minimum atomic E-state index is -0.104. The average Bonchev–Trinajstić information content (AvgIpc) is 3.08. The largest absolute Gasteiger partial charge is 0.496 e. The molecule has 0 aliphatic heterocycles. The summed E-state index contributed by atoms with van der Waals surface area (Å²) in [5.74, 6) is 3.31. The molecular formula is C21H25N3O4S. The highest BCUT2D eigenvalue weighted by Gasteiger charge is 2.15. The molecule has 1 aromatic heterocycles. The summed E-state index contributed by atoms with van der Waals surface area (Å²) < 4.78 is 18.0. The number of benzene rings is 2. The van der Waals surface area contributed by atoms with E-state index in [2.05, 4.69) is 10.3 Å². The molecule has 1 heterocycles. The second kappa shape index (κ2) is 9.56. The van der Waals surface area contributed by atoms with E-state index in [-0.39, 0.29) is 12.5 Å². The lowest BCUT2D eigenvalue weighted by Crippen LogP contribution is -2.28. The highest BCUT2D eigenvalue weighted by Crippen LogP contribution is 2.34.